The number of aromatic nitrogens is 2. The number of aryl methyl sites for hydroxylation is 1. The van der Waals surface area contributed by atoms with Gasteiger partial charge in [-0.15, -0.1) is 0 Å². The maximum Gasteiger partial charge on any atom is 0.226 e. The smallest absolute Gasteiger partial charge is 0.226 e. The lowest BCUT2D eigenvalue weighted by Crippen LogP contribution is -2.38. The van der Waals surface area contributed by atoms with E-state index in [-0.39, 0.29) is 0 Å². The molecule has 0 saturated heterocycles. The van der Waals surface area contributed by atoms with E-state index < -0.39 is 0 Å². The Hall–Kier alpha value is -0.900. The fraction of sp³-hybridized carbons (Fsp3) is 0.778. The highest BCUT2D eigenvalue weighted by atomic mass is 16.5. The van der Waals surface area contributed by atoms with E-state index in [4.69, 9.17) is 4.52 Å². The normalized spacial score (nSPS) is 27.2. The zero-order valence-electron chi connectivity index (χ0n) is 8.08. The van der Waals surface area contributed by atoms with E-state index in [9.17, 15) is 0 Å². The zero-order valence-corrected chi connectivity index (χ0v) is 8.08. The molecule has 2 rings (SSSR count). The molecule has 0 aromatic carbocycles. The lowest BCUT2D eigenvalue weighted by Gasteiger charge is -2.32. The summed E-state index contributed by atoms with van der Waals surface area (Å²) in [4.78, 5) is 4.31. The summed E-state index contributed by atoms with van der Waals surface area (Å²) >= 11 is 0. The van der Waals surface area contributed by atoms with E-state index in [1.165, 1.54) is 0 Å². The molecule has 1 fully saturated rings. The van der Waals surface area contributed by atoms with Crippen molar-refractivity contribution in [3.8, 4) is 0 Å². The molecule has 0 radical (unpaired) electrons. The minimum atomic E-state index is 0.515. The van der Waals surface area contributed by atoms with Crippen molar-refractivity contribution in [2.24, 2.45) is 0 Å². The third-order valence-corrected chi connectivity index (χ3v) is 2.70. The van der Waals surface area contributed by atoms with Gasteiger partial charge in [-0.25, -0.2) is 0 Å². The molecule has 4 heteroatoms. The Morgan fingerprint density at radius 1 is 1.54 bits per heavy atom. The summed E-state index contributed by atoms with van der Waals surface area (Å²) in [6.45, 7) is 2.02. The average Bonchev–Trinajstić information content (AvgIpc) is 2.51. The molecule has 13 heavy (non-hydrogen) atoms. The van der Waals surface area contributed by atoms with Gasteiger partial charge < -0.3 is 9.84 Å². The second kappa shape index (κ2) is 3.46. The van der Waals surface area contributed by atoms with Gasteiger partial charge in [0.15, 0.2) is 5.82 Å². The monoisotopic (exact) mass is 181 g/mol. The molecule has 1 N–H and O–H groups in total. The summed E-state index contributed by atoms with van der Waals surface area (Å²) < 4.78 is 5.06. The summed E-state index contributed by atoms with van der Waals surface area (Å²) in [6, 6.07) is 0.647. The van der Waals surface area contributed by atoms with E-state index in [1.54, 1.807) is 0 Å². The van der Waals surface area contributed by atoms with Gasteiger partial charge in [0, 0.05) is 18.4 Å². The Kier molecular flexibility index (Phi) is 2.31. The molecule has 0 amide bonds. The van der Waals surface area contributed by atoms with Gasteiger partial charge >= 0.3 is 0 Å². The Bertz CT molecular complexity index is 278. The van der Waals surface area contributed by atoms with Crippen LogP contribution >= 0.6 is 0 Å². The maximum absolute atomic E-state index is 5.06. The van der Waals surface area contributed by atoms with Gasteiger partial charge in [0.1, 0.15) is 0 Å². The van der Waals surface area contributed by atoms with E-state index in [2.05, 4.69) is 15.5 Å². The van der Waals surface area contributed by atoms with Crippen molar-refractivity contribution in [2.45, 2.75) is 38.1 Å². The molecule has 1 heterocycles. The lowest BCUT2D eigenvalue weighted by atomic mass is 9.80. The van der Waals surface area contributed by atoms with E-state index in [1.807, 2.05) is 14.0 Å². The quantitative estimate of drug-likeness (QED) is 0.758. The Morgan fingerprint density at radius 3 is 2.85 bits per heavy atom. The van der Waals surface area contributed by atoms with Crippen LogP contribution in [-0.4, -0.2) is 23.2 Å². The topological polar surface area (TPSA) is 51.0 Å². The Labute approximate surface area is 77.7 Å². The van der Waals surface area contributed by atoms with Gasteiger partial charge in [-0.3, -0.25) is 0 Å². The van der Waals surface area contributed by atoms with Crippen LogP contribution in [0.3, 0.4) is 0 Å². The number of hydrogen-bond acceptors (Lipinski definition) is 4. The molecular weight excluding hydrogens is 166 g/mol. The molecule has 0 atom stereocenters. The first-order chi connectivity index (χ1) is 6.33. The van der Waals surface area contributed by atoms with E-state index >= 15 is 0 Å². The van der Waals surface area contributed by atoms with Crippen molar-refractivity contribution in [3.63, 3.8) is 0 Å². The third-order valence-electron chi connectivity index (χ3n) is 2.70. The van der Waals surface area contributed by atoms with Crippen LogP contribution in [0.1, 0.15) is 37.4 Å². The van der Waals surface area contributed by atoms with Crippen LogP contribution in [0.25, 0.3) is 0 Å². The minimum Gasteiger partial charge on any atom is -0.339 e. The molecule has 72 valence electrons. The van der Waals surface area contributed by atoms with Crippen molar-refractivity contribution in [2.75, 3.05) is 7.05 Å². The standard InChI is InChI=1S/C9H15N3O/c1-3-8-11-9(12-13-8)6-4-7(5-6)10-2/h6-7,10H,3-5H2,1-2H3. The molecule has 1 aliphatic rings. The summed E-state index contributed by atoms with van der Waals surface area (Å²) in [6.07, 6.45) is 3.10. The fourth-order valence-electron chi connectivity index (χ4n) is 1.64. The van der Waals surface area contributed by atoms with Crippen LogP contribution in [0.4, 0.5) is 0 Å². The molecule has 0 bridgehead atoms. The van der Waals surface area contributed by atoms with E-state index in [0.717, 1.165) is 31.0 Å². The molecule has 1 saturated carbocycles. The SMILES string of the molecule is CCc1nc(C2CC(NC)C2)no1. The van der Waals surface area contributed by atoms with Gasteiger partial charge in [0.25, 0.3) is 0 Å². The molecule has 0 unspecified atom stereocenters. The highest BCUT2D eigenvalue weighted by Gasteiger charge is 2.32. The first-order valence-corrected chi connectivity index (χ1v) is 4.83. The Balaban J connectivity index is 1.95. The third kappa shape index (κ3) is 1.58. The van der Waals surface area contributed by atoms with Crippen LogP contribution in [0, 0.1) is 0 Å². The summed E-state index contributed by atoms with van der Waals surface area (Å²) in [5.41, 5.74) is 0. The largest absolute Gasteiger partial charge is 0.339 e. The van der Waals surface area contributed by atoms with Crippen molar-refractivity contribution in [3.05, 3.63) is 11.7 Å². The zero-order chi connectivity index (χ0) is 9.26. The number of nitrogens with one attached hydrogen (secondary N) is 1. The highest BCUT2D eigenvalue weighted by molar-refractivity contribution is 5.04. The second-order valence-electron chi connectivity index (χ2n) is 3.55. The van der Waals surface area contributed by atoms with Crippen LogP contribution in [0.15, 0.2) is 4.52 Å². The summed E-state index contributed by atoms with van der Waals surface area (Å²) in [5, 5.41) is 7.20. The molecule has 0 spiro atoms. The number of rotatable bonds is 3. The molecule has 4 nitrogen and oxygen atoms in total. The first-order valence-electron chi connectivity index (χ1n) is 4.83. The molecule has 1 aliphatic carbocycles. The van der Waals surface area contributed by atoms with Gasteiger partial charge in [-0.2, -0.15) is 4.98 Å². The van der Waals surface area contributed by atoms with Crippen molar-refractivity contribution in [1.29, 1.82) is 0 Å². The van der Waals surface area contributed by atoms with Crippen LogP contribution in [0.5, 0.6) is 0 Å². The Morgan fingerprint density at radius 2 is 2.31 bits per heavy atom. The molecule has 0 aliphatic heterocycles. The van der Waals surface area contributed by atoms with Crippen LogP contribution in [0.2, 0.25) is 0 Å². The van der Waals surface area contributed by atoms with Crippen molar-refractivity contribution >= 4 is 0 Å². The van der Waals surface area contributed by atoms with Gasteiger partial charge in [-0.1, -0.05) is 12.1 Å². The lowest BCUT2D eigenvalue weighted by molar-refractivity contribution is 0.286. The fourth-order valence-corrected chi connectivity index (χ4v) is 1.64. The van der Waals surface area contributed by atoms with Crippen LogP contribution < -0.4 is 5.32 Å². The van der Waals surface area contributed by atoms with Crippen molar-refractivity contribution in [1.82, 2.24) is 15.5 Å². The summed E-state index contributed by atoms with van der Waals surface area (Å²) in [7, 11) is 1.99. The summed E-state index contributed by atoms with van der Waals surface area (Å²) in [5.74, 6) is 2.16. The van der Waals surface area contributed by atoms with Crippen LogP contribution in [-0.2, 0) is 6.42 Å². The average molecular weight is 181 g/mol. The maximum atomic E-state index is 5.06. The first kappa shape index (κ1) is 8.69. The molecular formula is C9H15N3O. The van der Waals surface area contributed by atoms with Crippen molar-refractivity contribution < 1.29 is 4.52 Å². The van der Waals surface area contributed by atoms with Gasteiger partial charge in [-0.05, 0) is 19.9 Å². The predicted octanol–water partition coefficient (Wildman–Crippen LogP) is 1.10. The number of nitrogens with zero attached hydrogens (tertiary/aromatic N) is 2. The highest BCUT2D eigenvalue weighted by Crippen LogP contribution is 2.34. The predicted molar refractivity (Wildman–Crippen MR) is 48.5 cm³/mol. The van der Waals surface area contributed by atoms with E-state index in [0.29, 0.717) is 12.0 Å². The number of hydrogen-bond donors (Lipinski definition) is 1. The minimum absolute atomic E-state index is 0.515. The van der Waals surface area contributed by atoms with Gasteiger partial charge in [0.05, 0.1) is 0 Å². The molecule has 1 aromatic rings. The molecule has 1 aromatic heterocycles. The second-order valence-corrected chi connectivity index (χ2v) is 3.55. The van der Waals surface area contributed by atoms with Gasteiger partial charge in [0.2, 0.25) is 5.89 Å².